The number of benzene rings is 1. The number of halogens is 3. The summed E-state index contributed by atoms with van der Waals surface area (Å²) in [5.74, 6) is -2.13. The summed E-state index contributed by atoms with van der Waals surface area (Å²) < 4.78 is 38.5. The number of hydrogen-bond acceptors (Lipinski definition) is 4. The Kier molecular flexibility index (Phi) is 6.03. The van der Waals surface area contributed by atoms with Crippen LogP contribution in [0, 0.1) is 0 Å². The molecule has 0 aliphatic rings. The molecule has 1 amide bonds. The van der Waals surface area contributed by atoms with E-state index in [0.717, 1.165) is 6.07 Å². The van der Waals surface area contributed by atoms with Gasteiger partial charge in [-0.3, -0.25) is 14.8 Å². The zero-order valence-electron chi connectivity index (χ0n) is 10.6. The molecule has 1 aromatic rings. The van der Waals surface area contributed by atoms with Crippen LogP contribution in [-0.2, 0) is 15.8 Å². The van der Waals surface area contributed by atoms with Crippen molar-refractivity contribution in [1.29, 1.82) is 0 Å². The first kappa shape index (κ1) is 17.3. The van der Waals surface area contributed by atoms with Crippen LogP contribution in [-0.4, -0.2) is 27.4 Å². The standard InChI is InChI=1S/C12H12F3NO4S/c13-12(14,15)7-3-1-2-4-8(7)21-9(11(19)16-20)5-6-10(17)18/h1-4,9,20H,5-6H2,(H,16,19)(H,17,18). The number of carboxylic acid groups (broad SMARTS) is 1. The highest BCUT2D eigenvalue weighted by Gasteiger charge is 2.34. The van der Waals surface area contributed by atoms with Crippen LogP contribution in [0.3, 0.4) is 0 Å². The van der Waals surface area contributed by atoms with E-state index in [1.807, 2.05) is 0 Å². The second kappa shape index (κ2) is 7.32. The maximum Gasteiger partial charge on any atom is 0.417 e. The first-order valence-corrected chi connectivity index (χ1v) is 6.62. The molecule has 0 saturated carbocycles. The molecular formula is C12H12F3NO4S. The van der Waals surface area contributed by atoms with E-state index in [9.17, 15) is 22.8 Å². The van der Waals surface area contributed by atoms with Crippen LogP contribution in [0.1, 0.15) is 18.4 Å². The zero-order valence-corrected chi connectivity index (χ0v) is 11.4. The summed E-state index contributed by atoms with van der Waals surface area (Å²) in [4.78, 5) is 21.7. The molecule has 3 N–H and O–H groups in total. The lowest BCUT2D eigenvalue weighted by atomic mass is 10.2. The fourth-order valence-electron chi connectivity index (χ4n) is 1.53. The van der Waals surface area contributed by atoms with Gasteiger partial charge in [-0.2, -0.15) is 13.2 Å². The predicted octanol–water partition coefficient (Wildman–Crippen LogP) is 2.54. The number of thioether (sulfide) groups is 1. The molecule has 1 unspecified atom stereocenters. The van der Waals surface area contributed by atoms with Crippen LogP contribution in [0.4, 0.5) is 13.2 Å². The van der Waals surface area contributed by atoms with Gasteiger partial charge in [0.05, 0.1) is 10.8 Å². The maximum absolute atomic E-state index is 12.8. The molecule has 9 heteroatoms. The van der Waals surface area contributed by atoms with Crippen molar-refractivity contribution in [2.24, 2.45) is 0 Å². The third kappa shape index (κ3) is 5.27. The fourth-order valence-corrected chi connectivity index (χ4v) is 2.70. The number of rotatable bonds is 6. The minimum atomic E-state index is -4.59. The van der Waals surface area contributed by atoms with Gasteiger partial charge in [-0.05, 0) is 18.6 Å². The minimum absolute atomic E-state index is 0.205. The summed E-state index contributed by atoms with van der Waals surface area (Å²) in [7, 11) is 0. The van der Waals surface area contributed by atoms with E-state index >= 15 is 0 Å². The Morgan fingerprint density at radius 3 is 2.43 bits per heavy atom. The lowest BCUT2D eigenvalue weighted by Crippen LogP contribution is -2.30. The van der Waals surface area contributed by atoms with Crippen molar-refractivity contribution in [1.82, 2.24) is 5.48 Å². The molecule has 0 radical (unpaired) electrons. The molecule has 1 atom stereocenters. The first-order chi connectivity index (χ1) is 9.75. The average Bonchev–Trinajstić information content (AvgIpc) is 2.41. The van der Waals surface area contributed by atoms with Crippen molar-refractivity contribution in [3.63, 3.8) is 0 Å². The second-order valence-electron chi connectivity index (χ2n) is 4.01. The molecule has 0 spiro atoms. The lowest BCUT2D eigenvalue weighted by molar-refractivity contribution is -0.140. The SMILES string of the molecule is O=C(O)CCC(Sc1ccccc1C(F)(F)F)C(=O)NO. The summed E-state index contributed by atoms with van der Waals surface area (Å²) >= 11 is 0.562. The van der Waals surface area contributed by atoms with Gasteiger partial charge < -0.3 is 5.11 Å². The quantitative estimate of drug-likeness (QED) is 0.425. The lowest BCUT2D eigenvalue weighted by Gasteiger charge is -2.17. The molecule has 0 bridgehead atoms. The van der Waals surface area contributed by atoms with Gasteiger partial charge in [0.15, 0.2) is 0 Å². The topological polar surface area (TPSA) is 86.6 Å². The van der Waals surface area contributed by atoms with Gasteiger partial charge in [-0.15, -0.1) is 11.8 Å². The molecule has 0 aromatic heterocycles. The van der Waals surface area contributed by atoms with Gasteiger partial charge >= 0.3 is 12.1 Å². The molecule has 5 nitrogen and oxygen atoms in total. The Morgan fingerprint density at radius 2 is 1.90 bits per heavy atom. The molecule has 21 heavy (non-hydrogen) atoms. The van der Waals surface area contributed by atoms with Crippen LogP contribution >= 0.6 is 11.8 Å². The van der Waals surface area contributed by atoms with E-state index < -0.39 is 35.3 Å². The van der Waals surface area contributed by atoms with Gasteiger partial charge in [0, 0.05) is 11.3 Å². The number of aliphatic carboxylic acids is 1. The number of amides is 1. The predicted molar refractivity (Wildman–Crippen MR) is 67.9 cm³/mol. The number of hydrogen-bond donors (Lipinski definition) is 3. The molecular weight excluding hydrogens is 311 g/mol. The van der Waals surface area contributed by atoms with Gasteiger partial charge in [-0.25, -0.2) is 5.48 Å². The van der Waals surface area contributed by atoms with Crippen molar-refractivity contribution in [2.75, 3.05) is 0 Å². The van der Waals surface area contributed by atoms with E-state index in [2.05, 4.69) is 0 Å². The molecule has 1 aromatic carbocycles. The number of hydroxylamine groups is 1. The molecule has 0 aliphatic heterocycles. The number of alkyl halides is 3. The van der Waals surface area contributed by atoms with Crippen LogP contribution in [0.5, 0.6) is 0 Å². The Bertz CT molecular complexity index is 521. The van der Waals surface area contributed by atoms with E-state index in [4.69, 9.17) is 10.3 Å². The Labute approximate surface area is 122 Å². The Morgan fingerprint density at radius 1 is 1.29 bits per heavy atom. The number of nitrogens with one attached hydrogen (secondary N) is 1. The van der Waals surface area contributed by atoms with Gasteiger partial charge in [0.2, 0.25) is 0 Å². The third-order valence-electron chi connectivity index (χ3n) is 2.48. The number of carbonyl (C=O) groups is 2. The van der Waals surface area contributed by atoms with E-state index in [1.54, 1.807) is 0 Å². The van der Waals surface area contributed by atoms with Crippen molar-refractivity contribution >= 4 is 23.6 Å². The summed E-state index contributed by atoms with van der Waals surface area (Å²) in [6.07, 6.45) is -5.20. The second-order valence-corrected chi connectivity index (χ2v) is 5.25. The van der Waals surface area contributed by atoms with E-state index in [1.165, 1.54) is 23.7 Å². The highest BCUT2D eigenvalue weighted by molar-refractivity contribution is 8.00. The largest absolute Gasteiger partial charge is 0.481 e. The average molecular weight is 323 g/mol. The monoisotopic (exact) mass is 323 g/mol. The molecule has 0 heterocycles. The number of carboxylic acids is 1. The molecule has 0 fully saturated rings. The molecule has 116 valence electrons. The summed E-state index contributed by atoms with van der Waals surface area (Å²) in [5.41, 5.74) is 0.418. The van der Waals surface area contributed by atoms with Gasteiger partial charge in [0.1, 0.15) is 0 Å². The van der Waals surface area contributed by atoms with Gasteiger partial charge in [0.25, 0.3) is 5.91 Å². The maximum atomic E-state index is 12.8. The normalized spacial score (nSPS) is 12.8. The smallest absolute Gasteiger partial charge is 0.417 e. The van der Waals surface area contributed by atoms with Crippen LogP contribution < -0.4 is 5.48 Å². The van der Waals surface area contributed by atoms with Gasteiger partial charge in [-0.1, -0.05) is 12.1 Å². The van der Waals surface area contributed by atoms with Crippen LogP contribution in [0.15, 0.2) is 29.2 Å². The summed E-state index contributed by atoms with van der Waals surface area (Å²) in [5, 5.41) is 16.0. The van der Waals surface area contributed by atoms with Crippen molar-refractivity contribution in [3.05, 3.63) is 29.8 Å². The molecule has 1 rings (SSSR count). The summed E-state index contributed by atoms with van der Waals surface area (Å²) in [6, 6.07) is 4.65. The Hall–Kier alpha value is -1.74. The van der Waals surface area contributed by atoms with Crippen molar-refractivity contribution in [3.8, 4) is 0 Å². The summed E-state index contributed by atoms with van der Waals surface area (Å²) in [6.45, 7) is 0. The first-order valence-electron chi connectivity index (χ1n) is 5.74. The third-order valence-corrected chi connectivity index (χ3v) is 3.83. The minimum Gasteiger partial charge on any atom is -0.481 e. The van der Waals surface area contributed by atoms with E-state index in [0.29, 0.717) is 11.8 Å². The number of carbonyl (C=O) groups excluding carboxylic acids is 1. The van der Waals surface area contributed by atoms with E-state index in [-0.39, 0.29) is 11.3 Å². The highest BCUT2D eigenvalue weighted by Crippen LogP contribution is 2.38. The van der Waals surface area contributed by atoms with Crippen molar-refractivity contribution in [2.45, 2.75) is 29.2 Å². The van der Waals surface area contributed by atoms with Crippen molar-refractivity contribution < 1.29 is 33.1 Å². The Balaban J connectivity index is 2.98. The fraction of sp³-hybridized carbons (Fsp3) is 0.333. The van der Waals surface area contributed by atoms with Crippen LogP contribution in [0.2, 0.25) is 0 Å². The highest BCUT2D eigenvalue weighted by atomic mass is 32.2. The molecule has 0 aliphatic carbocycles. The van der Waals surface area contributed by atoms with Crippen LogP contribution in [0.25, 0.3) is 0 Å². The zero-order chi connectivity index (χ0) is 16.0. The molecule has 0 saturated heterocycles.